The van der Waals surface area contributed by atoms with Crippen LogP contribution in [-0.4, -0.2) is 23.6 Å². The predicted octanol–water partition coefficient (Wildman–Crippen LogP) is 3.28. The molecule has 15 heavy (non-hydrogen) atoms. The van der Waals surface area contributed by atoms with Gasteiger partial charge in [0, 0.05) is 6.42 Å². The third-order valence-corrected chi connectivity index (χ3v) is 1.73. The molecule has 0 atom stereocenters. The Labute approximate surface area is 91.7 Å². The van der Waals surface area contributed by atoms with Gasteiger partial charge in [-0.3, -0.25) is 4.79 Å². The molecule has 0 rings (SSSR count). The van der Waals surface area contributed by atoms with Crippen LogP contribution < -0.4 is 0 Å². The Morgan fingerprint density at radius 1 is 1.27 bits per heavy atom. The fourth-order valence-corrected chi connectivity index (χ4v) is 0.819. The topological polar surface area (TPSA) is 26.3 Å². The molecule has 0 bridgehead atoms. The monoisotopic (exact) mass is 246 g/mol. The lowest BCUT2D eigenvalue weighted by Crippen LogP contribution is -2.27. The maximum Gasteiger partial charge on any atom is 0.389 e. The molecule has 0 aliphatic rings. The molecule has 2 nitrogen and oxygen atoms in total. The number of carbonyl (C=O) groups excluding carboxylic acids is 1. The summed E-state index contributed by atoms with van der Waals surface area (Å²) in [5, 5.41) is 0. The summed E-state index contributed by atoms with van der Waals surface area (Å²) in [6, 6.07) is 0. The van der Waals surface area contributed by atoms with Crippen LogP contribution in [0.1, 0.15) is 33.1 Å². The number of halogens is 4. The zero-order chi connectivity index (χ0) is 12.1. The summed E-state index contributed by atoms with van der Waals surface area (Å²) < 4.78 is 39.8. The molecule has 90 valence electrons. The van der Waals surface area contributed by atoms with Gasteiger partial charge in [0.15, 0.2) is 0 Å². The van der Waals surface area contributed by atoms with Crippen LogP contribution in [0, 0.1) is 0 Å². The third-order valence-electron chi connectivity index (χ3n) is 1.57. The van der Waals surface area contributed by atoms with Gasteiger partial charge in [0.2, 0.25) is 0 Å². The molecule has 0 N–H and O–H groups in total. The number of carbonyl (C=O) groups is 1. The average Bonchev–Trinajstić information content (AvgIpc) is 1.99. The Balaban J connectivity index is 3.53. The first-order valence-electron chi connectivity index (χ1n) is 4.56. The van der Waals surface area contributed by atoms with Crippen molar-refractivity contribution in [3.63, 3.8) is 0 Å². The van der Waals surface area contributed by atoms with E-state index in [9.17, 15) is 18.0 Å². The van der Waals surface area contributed by atoms with Gasteiger partial charge in [0.25, 0.3) is 0 Å². The summed E-state index contributed by atoms with van der Waals surface area (Å²) in [6.45, 7) is 2.91. The van der Waals surface area contributed by atoms with Gasteiger partial charge in [-0.2, -0.15) is 13.2 Å². The SMILES string of the molecule is CC(C)(Cl)C(=O)OCCCCC(F)(F)F. The van der Waals surface area contributed by atoms with Gasteiger partial charge in [-0.1, -0.05) is 0 Å². The van der Waals surface area contributed by atoms with E-state index in [4.69, 9.17) is 11.6 Å². The molecule has 0 saturated heterocycles. The van der Waals surface area contributed by atoms with E-state index in [0.29, 0.717) is 0 Å². The maximum atomic E-state index is 11.7. The van der Waals surface area contributed by atoms with Gasteiger partial charge >= 0.3 is 12.1 Å². The maximum absolute atomic E-state index is 11.7. The van der Waals surface area contributed by atoms with E-state index < -0.39 is 23.4 Å². The van der Waals surface area contributed by atoms with E-state index in [1.54, 1.807) is 0 Å². The Morgan fingerprint density at radius 3 is 2.20 bits per heavy atom. The zero-order valence-electron chi connectivity index (χ0n) is 8.66. The van der Waals surface area contributed by atoms with Gasteiger partial charge in [-0.05, 0) is 26.7 Å². The highest BCUT2D eigenvalue weighted by Crippen LogP contribution is 2.22. The summed E-state index contributed by atoms with van der Waals surface area (Å²) in [6.07, 6.45) is -4.84. The summed E-state index contributed by atoms with van der Waals surface area (Å²) in [4.78, 5) is 9.93. The van der Waals surface area contributed by atoms with Crippen LogP contribution in [0.4, 0.5) is 13.2 Å². The molecule has 0 aromatic rings. The molecule has 0 heterocycles. The Hall–Kier alpha value is -0.450. The fourth-order valence-electron chi connectivity index (χ4n) is 0.764. The van der Waals surface area contributed by atoms with Gasteiger partial charge < -0.3 is 4.74 Å². The smallest absolute Gasteiger partial charge is 0.389 e. The quantitative estimate of drug-likeness (QED) is 0.423. The molecular formula is C9H14ClF3O2. The van der Waals surface area contributed by atoms with Crippen LogP contribution in [0.2, 0.25) is 0 Å². The minimum atomic E-state index is -4.14. The van der Waals surface area contributed by atoms with E-state index in [-0.39, 0.29) is 19.4 Å². The van der Waals surface area contributed by atoms with Crippen molar-refractivity contribution in [1.82, 2.24) is 0 Å². The van der Waals surface area contributed by atoms with Crippen LogP contribution in [-0.2, 0) is 9.53 Å². The Kier molecular flexibility index (Phi) is 5.42. The molecule has 0 aromatic carbocycles. The molecule has 0 saturated carbocycles. The summed E-state index contributed by atoms with van der Waals surface area (Å²) in [7, 11) is 0. The number of ether oxygens (including phenoxy) is 1. The number of rotatable bonds is 5. The molecule has 0 aromatic heterocycles. The number of hydrogen-bond acceptors (Lipinski definition) is 2. The normalized spacial score (nSPS) is 12.7. The van der Waals surface area contributed by atoms with Crippen molar-refractivity contribution in [2.24, 2.45) is 0 Å². The molecule has 6 heteroatoms. The first-order chi connectivity index (χ1) is 6.63. The van der Waals surface area contributed by atoms with Gasteiger partial charge in [-0.25, -0.2) is 0 Å². The molecule has 0 radical (unpaired) electrons. The second-order valence-corrected chi connectivity index (χ2v) is 4.63. The molecule has 0 spiro atoms. The second-order valence-electron chi connectivity index (χ2n) is 3.68. The third kappa shape index (κ3) is 8.54. The highest BCUT2D eigenvalue weighted by molar-refractivity contribution is 6.33. The zero-order valence-corrected chi connectivity index (χ0v) is 9.41. The van der Waals surface area contributed by atoms with Crippen molar-refractivity contribution in [2.45, 2.75) is 44.2 Å². The molecule has 0 amide bonds. The van der Waals surface area contributed by atoms with Crippen LogP contribution in [0.15, 0.2) is 0 Å². The van der Waals surface area contributed by atoms with E-state index in [2.05, 4.69) is 4.74 Å². The standard InChI is InChI=1S/C9H14ClF3O2/c1-8(2,10)7(14)15-6-4-3-5-9(11,12)13/h3-6H2,1-2H3. The molecule has 0 unspecified atom stereocenters. The Morgan fingerprint density at radius 2 is 1.80 bits per heavy atom. The van der Waals surface area contributed by atoms with Crippen molar-refractivity contribution in [2.75, 3.05) is 6.61 Å². The van der Waals surface area contributed by atoms with Crippen LogP contribution in [0.5, 0.6) is 0 Å². The minimum absolute atomic E-state index is 0.0228. The van der Waals surface area contributed by atoms with Crippen LogP contribution in [0.3, 0.4) is 0 Å². The van der Waals surface area contributed by atoms with Crippen molar-refractivity contribution in [1.29, 1.82) is 0 Å². The van der Waals surface area contributed by atoms with Crippen molar-refractivity contribution in [3.05, 3.63) is 0 Å². The summed E-state index contributed by atoms with van der Waals surface area (Å²) in [5.41, 5.74) is 0. The van der Waals surface area contributed by atoms with Crippen LogP contribution in [0.25, 0.3) is 0 Å². The first kappa shape index (κ1) is 14.6. The van der Waals surface area contributed by atoms with Crippen LogP contribution >= 0.6 is 11.6 Å². The lowest BCUT2D eigenvalue weighted by Gasteiger charge is -2.14. The molecule has 0 aliphatic heterocycles. The first-order valence-corrected chi connectivity index (χ1v) is 4.93. The minimum Gasteiger partial charge on any atom is -0.464 e. The molecule has 0 fully saturated rings. The highest BCUT2D eigenvalue weighted by atomic mass is 35.5. The van der Waals surface area contributed by atoms with E-state index in [1.165, 1.54) is 13.8 Å². The predicted molar refractivity (Wildman–Crippen MR) is 50.8 cm³/mol. The van der Waals surface area contributed by atoms with E-state index in [0.717, 1.165) is 0 Å². The fraction of sp³-hybridized carbons (Fsp3) is 0.889. The van der Waals surface area contributed by atoms with Gasteiger partial charge in [-0.15, -0.1) is 11.6 Å². The molecule has 0 aliphatic carbocycles. The number of unbranched alkanes of at least 4 members (excludes halogenated alkanes) is 1. The average molecular weight is 247 g/mol. The van der Waals surface area contributed by atoms with Crippen molar-refractivity contribution >= 4 is 17.6 Å². The van der Waals surface area contributed by atoms with Gasteiger partial charge in [0.05, 0.1) is 6.61 Å². The lowest BCUT2D eigenvalue weighted by molar-refractivity contribution is -0.146. The second kappa shape index (κ2) is 5.58. The summed E-state index contributed by atoms with van der Waals surface area (Å²) >= 11 is 5.61. The lowest BCUT2D eigenvalue weighted by atomic mass is 10.2. The van der Waals surface area contributed by atoms with Crippen molar-refractivity contribution in [3.8, 4) is 0 Å². The van der Waals surface area contributed by atoms with E-state index >= 15 is 0 Å². The largest absolute Gasteiger partial charge is 0.464 e. The summed E-state index contributed by atoms with van der Waals surface area (Å²) in [5.74, 6) is -0.615. The van der Waals surface area contributed by atoms with Gasteiger partial charge in [0.1, 0.15) is 4.87 Å². The number of hydrogen-bond donors (Lipinski definition) is 0. The van der Waals surface area contributed by atoms with Crippen molar-refractivity contribution < 1.29 is 22.7 Å². The van der Waals surface area contributed by atoms with E-state index in [1.807, 2.05) is 0 Å². The molecular weight excluding hydrogens is 233 g/mol. The number of alkyl halides is 4. The Bertz CT molecular complexity index is 208. The highest BCUT2D eigenvalue weighted by Gasteiger charge is 2.27. The number of esters is 1.